The van der Waals surface area contributed by atoms with Crippen LogP contribution in [-0.4, -0.2) is 24.5 Å². The molecule has 88 valence electrons. The molecule has 0 spiro atoms. The van der Waals surface area contributed by atoms with Gasteiger partial charge in [0, 0.05) is 15.7 Å². The fourth-order valence-electron chi connectivity index (χ4n) is 1.16. The van der Waals surface area contributed by atoms with Crippen molar-refractivity contribution in [3.63, 3.8) is 0 Å². The maximum atomic E-state index is 11.7. The smallest absolute Gasteiger partial charge is 0.251 e. The minimum Gasteiger partial charge on any atom is -0.352 e. The topological polar surface area (TPSA) is 29.1 Å². The summed E-state index contributed by atoms with van der Waals surface area (Å²) in [6, 6.07) is 5.34. The minimum absolute atomic E-state index is 0.0561. The van der Waals surface area contributed by atoms with Gasteiger partial charge < -0.3 is 5.32 Å². The van der Waals surface area contributed by atoms with Crippen molar-refractivity contribution in [3.8, 4) is 0 Å². The van der Waals surface area contributed by atoms with Gasteiger partial charge >= 0.3 is 0 Å². The lowest BCUT2D eigenvalue weighted by molar-refractivity contribution is 0.0954. The Kier molecular flexibility index (Phi) is 6.53. The van der Waals surface area contributed by atoms with Crippen LogP contribution in [0.3, 0.4) is 0 Å². The van der Waals surface area contributed by atoms with Crippen molar-refractivity contribution < 1.29 is 4.79 Å². The lowest BCUT2D eigenvalue weighted by atomic mass is 10.2. The van der Waals surface area contributed by atoms with Crippen molar-refractivity contribution in [3.05, 3.63) is 32.4 Å². The number of rotatable bonds is 5. The molecule has 0 unspecified atom stereocenters. The van der Waals surface area contributed by atoms with E-state index < -0.39 is 0 Å². The molecule has 0 fully saturated rings. The third-order valence-corrected chi connectivity index (χ3v) is 4.26. The summed E-state index contributed by atoms with van der Waals surface area (Å²) < 4.78 is 0.957. The zero-order valence-electron chi connectivity index (χ0n) is 8.93. The highest BCUT2D eigenvalue weighted by atomic mass is 127. The molecular weight excluding hydrogens is 357 g/mol. The second-order valence-electron chi connectivity index (χ2n) is 3.23. The Bertz CT molecular complexity index is 373. The second kappa shape index (κ2) is 7.40. The highest BCUT2D eigenvalue weighted by Gasteiger charge is 2.06. The molecule has 16 heavy (non-hydrogen) atoms. The van der Waals surface area contributed by atoms with Crippen LogP contribution in [0.15, 0.2) is 18.2 Å². The molecule has 1 rings (SSSR count). The molecule has 0 atom stereocenters. The van der Waals surface area contributed by atoms with Crippen LogP contribution in [0.2, 0.25) is 5.02 Å². The summed E-state index contributed by atoms with van der Waals surface area (Å²) in [5.41, 5.74) is 0.620. The first-order valence-electron chi connectivity index (χ1n) is 4.87. The van der Waals surface area contributed by atoms with E-state index in [1.165, 1.54) is 0 Å². The summed E-state index contributed by atoms with van der Waals surface area (Å²) in [5.74, 6) is 1.01. The lowest BCUT2D eigenvalue weighted by Gasteiger charge is -2.05. The van der Waals surface area contributed by atoms with Gasteiger partial charge in [0.05, 0.1) is 5.02 Å². The van der Waals surface area contributed by atoms with Gasteiger partial charge in [0.2, 0.25) is 0 Å². The van der Waals surface area contributed by atoms with Crippen LogP contribution in [0.1, 0.15) is 16.8 Å². The molecular formula is C11H13ClINOS. The number of nitrogens with one attached hydrogen (secondary N) is 1. The van der Waals surface area contributed by atoms with Gasteiger partial charge in [0.15, 0.2) is 0 Å². The van der Waals surface area contributed by atoms with Crippen LogP contribution in [0.4, 0.5) is 0 Å². The van der Waals surface area contributed by atoms with Gasteiger partial charge in [0.25, 0.3) is 5.91 Å². The molecule has 0 saturated carbocycles. The molecule has 0 radical (unpaired) electrons. The van der Waals surface area contributed by atoms with E-state index in [0.29, 0.717) is 17.1 Å². The van der Waals surface area contributed by atoms with Gasteiger partial charge in [0.1, 0.15) is 0 Å². The van der Waals surface area contributed by atoms with Crippen molar-refractivity contribution in [1.29, 1.82) is 0 Å². The van der Waals surface area contributed by atoms with Crippen LogP contribution < -0.4 is 5.32 Å². The van der Waals surface area contributed by atoms with Gasteiger partial charge in [-0.3, -0.25) is 4.79 Å². The monoisotopic (exact) mass is 369 g/mol. The van der Waals surface area contributed by atoms with E-state index in [9.17, 15) is 4.79 Å². The number of amides is 1. The molecule has 0 aliphatic heterocycles. The maximum Gasteiger partial charge on any atom is 0.251 e. The third-order valence-electron chi connectivity index (χ3n) is 1.99. The summed E-state index contributed by atoms with van der Waals surface area (Å²) in [6.07, 6.45) is 3.05. The molecule has 0 aromatic heterocycles. The van der Waals surface area contributed by atoms with Crippen molar-refractivity contribution >= 4 is 51.9 Å². The first-order chi connectivity index (χ1) is 7.65. The van der Waals surface area contributed by atoms with Crippen LogP contribution in [-0.2, 0) is 0 Å². The molecule has 1 N–H and O–H groups in total. The molecule has 0 aliphatic carbocycles. The summed E-state index contributed by atoms with van der Waals surface area (Å²) in [5, 5.41) is 3.49. The third kappa shape index (κ3) is 4.51. The summed E-state index contributed by atoms with van der Waals surface area (Å²) in [4.78, 5) is 11.7. The average molecular weight is 370 g/mol. The Morgan fingerprint density at radius 3 is 2.94 bits per heavy atom. The van der Waals surface area contributed by atoms with E-state index in [4.69, 9.17) is 11.6 Å². The normalized spacial score (nSPS) is 10.2. The predicted octanol–water partition coefficient (Wildman–Crippen LogP) is 3.43. The van der Waals surface area contributed by atoms with Crippen LogP contribution in [0.25, 0.3) is 0 Å². The Balaban J connectivity index is 2.50. The first-order valence-corrected chi connectivity index (χ1v) is 7.72. The van der Waals surface area contributed by atoms with Crippen molar-refractivity contribution in [2.24, 2.45) is 0 Å². The zero-order chi connectivity index (χ0) is 12.0. The molecule has 5 heteroatoms. The molecule has 0 saturated heterocycles. The predicted molar refractivity (Wildman–Crippen MR) is 79.5 cm³/mol. The van der Waals surface area contributed by atoms with E-state index in [2.05, 4.69) is 34.2 Å². The Hall–Kier alpha value is 0.0600. The fraction of sp³-hybridized carbons (Fsp3) is 0.364. The van der Waals surface area contributed by atoms with Crippen molar-refractivity contribution in [2.75, 3.05) is 18.6 Å². The van der Waals surface area contributed by atoms with Crippen LogP contribution in [0, 0.1) is 3.57 Å². The molecule has 1 aromatic carbocycles. The van der Waals surface area contributed by atoms with E-state index >= 15 is 0 Å². The van der Waals surface area contributed by atoms with Gasteiger partial charge in [-0.05, 0) is 59.2 Å². The van der Waals surface area contributed by atoms with Gasteiger partial charge in [-0.25, -0.2) is 0 Å². The number of hydrogen-bond acceptors (Lipinski definition) is 2. The van der Waals surface area contributed by atoms with Crippen LogP contribution >= 0.6 is 46.0 Å². The Morgan fingerprint density at radius 1 is 1.56 bits per heavy atom. The number of carbonyl (C=O) groups excluding carboxylic acids is 1. The first kappa shape index (κ1) is 14.1. The summed E-state index contributed by atoms with van der Waals surface area (Å²) in [6.45, 7) is 0.712. The van der Waals surface area contributed by atoms with Crippen molar-refractivity contribution in [1.82, 2.24) is 5.32 Å². The molecule has 0 heterocycles. The van der Waals surface area contributed by atoms with E-state index in [-0.39, 0.29) is 5.91 Å². The zero-order valence-corrected chi connectivity index (χ0v) is 12.7. The lowest BCUT2D eigenvalue weighted by Crippen LogP contribution is -2.24. The quantitative estimate of drug-likeness (QED) is 0.636. The van der Waals surface area contributed by atoms with E-state index in [0.717, 1.165) is 15.7 Å². The number of thioether (sulfide) groups is 1. The molecule has 0 aliphatic rings. The molecule has 1 amide bonds. The molecule has 2 nitrogen and oxygen atoms in total. The van der Waals surface area contributed by atoms with Gasteiger partial charge in [-0.2, -0.15) is 11.8 Å². The Morgan fingerprint density at radius 2 is 2.31 bits per heavy atom. The minimum atomic E-state index is -0.0561. The average Bonchev–Trinajstić information content (AvgIpc) is 2.28. The summed E-state index contributed by atoms with van der Waals surface area (Å²) in [7, 11) is 0. The van der Waals surface area contributed by atoms with Crippen LogP contribution in [0.5, 0.6) is 0 Å². The standard InChI is InChI=1S/C11H13ClINOS/c1-16-6-2-5-14-11(15)8-3-4-10(13)9(12)7-8/h3-4,7H,2,5-6H2,1H3,(H,14,15). The largest absolute Gasteiger partial charge is 0.352 e. The van der Waals surface area contributed by atoms with Gasteiger partial charge in [-0.1, -0.05) is 11.6 Å². The highest BCUT2D eigenvalue weighted by molar-refractivity contribution is 14.1. The SMILES string of the molecule is CSCCCNC(=O)c1ccc(I)c(Cl)c1. The number of carbonyl (C=O) groups is 1. The Labute approximate surface area is 119 Å². The number of halogens is 2. The number of hydrogen-bond donors (Lipinski definition) is 1. The van der Waals surface area contributed by atoms with E-state index in [1.807, 2.05) is 6.07 Å². The fourth-order valence-corrected chi connectivity index (χ4v) is 2.11. The molecule has 1 aromatic rings. The number of benzene rings is 1. The highest BCUT2D eigenvalue weighted by Crippen LogP contribution is 2.19. The van der Waals surface area contributed by atoms with Gasteiger partial charge in [-0.15, -0.1) is 0 Å². The maximum absolute atomic E-state index is 11.7. The summed E-state index contributed by atoms with van der Waals surface area (Å²) >= 11 is 9.87. The molecule has 0 bridgehead atoms. The van der Waals surface area contributed by atoms with E-state index in [1.54, 1.807) is 23.9 Å². The van der Waals surface area contributed by atoms with Crippen molar-refractivity contribution in [2.45, 2.75) is 6.42 Å². The second-order valence-corrected chi connectivity index (χ2v) is 5.79.